The Labute approximate surface area is 193 Å². The summed E-state index contributed by atoms with van der Waals surface area (Å²) in [4.78, 5) is 15.3. The Kier molecular flexibility index (Phi) is 7.77. The summed E-state index contributed by atoms with van der Waals surface area (Å²) in [6.45, 7) is 2.83. The highest BCUT2D eigenvalue weighted by atomic mass is 32.2. The van der Waals surface area contributed by atoms with E-state index in [1.807, 2.05) is 34.9 Å². The van der Waals surface area contributed by atoms with E-state index >= 15 is 0 Å². The van der Waals surface area contributed by atoms with Crippen LogP contribution in [0.15, 0.2) is 64.6 Å². The second-order valence-electron chi connectivity index (χ2n) is 7.29. The molecule has 4 rings (SSSR count). The molecule has 1 N–H and O–H groups in total. The van der Waals surface area contributed by atoms with Gasteiger partial charge in [0.2, 0.25) is 5.91 Å². The molecule has 1 amide bonds. The number of hydrogen-bond donors (Lipinski definition) is 1. The summed E-state index contributed by atoms with van der Waals surface area (Å²) in [5, 5.41) is 12.2. The number of amides is 1. The van der Waals surface area contributed by atoms with E-state index in [-0.39, 0.29) is 11.7 Å². The molecule has 0 aliphatic carbocycles. The van der Waals surface area contributed by atoms with Crippen molar-refractivity contribution in [1.82, 2.24) is 19.7 Å². The molecule has 1 saturated heterocycles. The monoisotopic (exact) mass is 475 g/mol. The van der Waals surface area contributed by atoms with Gasteiger partial charge in [0.1, 0.15) is 0 Å². The van der Waals surface area contributed by atoms with Crippen LogP contribution in [-0.4, -0.2) is 50.2 Å². The van der Waals surface area contributed by atoms with Crippen LogP contribution < -0.4 is 5.32 Å². The van der Waals surface area contributed by atoms with Crippen LogP contribution in [0.25, 0.3) is 5.69 Å². The first-order chi connectivity index (χ1) is 15.6. The molecule has 0 bridgehead atoms. The van der Waals surface area contributed by atoms with Crippen LogP contribution in [0, 0.1) is 0 Å². The quantitative estimate of drug-likeness (QED) is 0.444. The fraction of sp³-hybridized carbons (Fsp3) is 0.318. The molecule has 2 aromatic carbocycles. The third-order valence-corrected chi connectivity index (χ3v) is 6.63. The standard InChI is InChI=1S/C22H23F2N5OS2/c23-21(24)32-18-10-8-16(9-11-18)25-20(30)15-31-22-27-26-19(14-28-12-4-5-13-28)29(22)17-6-2-1-3-7-17/h1-3,6-11,21H,4-5,12-15H2,(H,25,30). The van der Waals surface area contributed by atoms with E-state index in [2.05, 4.69) is 20.4 Å². The predicted molar refractivity (Wildman–Crippen MR) is 124 cm³/mol. The topological polar surface area (TPSA) is 63.1 Å². The molecule has 0 unspecified atom stereocenters. The van der Waals surface area contributed by atoms with Gasteiger partial charge in [-0.3, -0.25) is 14.3 Å². The first kappa shape index (κ1) is 22.8. The van der Waals surface area contributed by atoms with E-state index in [1.54, 1.807) is 24.3 Å². The van der Waals surface area contributed by atoms with E-state index in [9.17, 15) is 13.6 Å². The number of benzene rings is 2. The number of carbonyl (C=O) groups is 1. The second-order valence-corrected chi connectivity index (χ2v) is 9.30. The van der Waals surface area contributed by atoms with E-state index in [4.69, 9.17) is 0 Å². The van der Waals surface area contributed by atoms with Gasteiger partial charge >= 0.3 is 0 Å². The minimum Gasteiger partial charge on any atom is -0.325 e. The SMILES string of the molecule is O=C(CSc1nnc(CN2CCCC2)n1-c1ccccc1)Nc1ccc(SC(F)F)cc1. The number of carbonyl (C=O) groups excluding carboxylic acids is 1. The average Bonchev–Trinajstić information content (AvgIpc) is 3.44. The number of anilines is 1. The molecular formula is C22H23F2N5OS2. The molecule has 1 aliphatic heterocycles. The van der Waals surface area contributed by atoms with Crippen molar-refractivity contribution < 1.29 is 13.6 Å². The maximum absolute atomic E-state index is 12.5. The molecule has 3 aromatic rings. The summed E-state index contributed by atoms with van der Waals surface area (Å²) >= 11 is 1.79. The third-order valence-electron chi connectivity index (χ3n) is 4.97. The van der Waals surface area contributed by atoms with E-state index in [1.165, 1.54) is 24.6 Å². The molecule has 1 fully saturated rings. The van der Waals surface area contributed by atoms with Gasteiger partial charge in [0, 0.05) is 16.3 Å². The van der Waals surface area contributed by atoms with Crippen LogP contribution in [0.3, 0.4) is 0 Å². The zero-order chi connectivity index (χ0) is 22.3. The molecule has 10 heteroatoms. The van der Waals surface area contributed by atoms with Crippen molar-refractivity contribution in [2.24, 2.45) is 0 Å². The zero-order valence-corrected chi connectivity index (χ0v) is 18.9. The van der Waals surface area contributed by atoms with Crippen LogP contribution in [0.1, 0.15) is 18.7 Å². The molecule has 168 valence electrons. The Morgan fingerprint density at radius 2 is 1.75 bits per heavy atom. The molecule has 1 aliphatic rings. The number of hydrogen-bond acceptors (Lipinski definition) is 6. The average molecular weight is 476 g/mol. The summed E-state index contributed by atoms with van der Waals surface area (Å²) in [6.07, 6.45) is 2.39. The number of nitrogens with zero attached hydrogens (tertiary/aromatic N) is 4. The van der Waals surface area contributed by atoms with Gasteiger partial charge in [-0.15, -0.1) is 10.2 Å². The Bertz CT molecular complexity index is 1020. The predicted octanol–water partition coefficient (Wildman–Crippen LogP) is 4.91. The second kappa shape index (κ2) is 10.9. The van der Waals surface area contributed by atoms with Crippen molar-refractivity contribution in [3.63, 3.8) is 0 Å². The van der Waals surface area contributed by atoms with Gasteiger partial charge in [0.15, 0.2) is 11.0 Å². The Hall–Kier alpha value is -2.43. The number of aromatic nitrogens is 3. The van der Waals surface area contributed by atoms with E-state index < -0.39 is 5.76 Å². The molecular weight excluding hydrogens is 452 g/mol. The number of thioether (sulfide) groups is 2. The Balaban J connectivity index is 1.42. The summed E-state index contributed by atoms with van der Waals surface area (Å²) in [7, 11) is 0. The number of nitrogens with one attached hydrogen (secondary N) is 1. The van der Waals surface area contributed by atoms with Crippen molar-refractivity contribution in [3.8, 4) is 5.69 Å². The van der Waals surface area contributed by atoms with Crippen molar-refractivity contribution in [1.29, 1.82) is 0 Å². The molecule has 1 aromatic heterocycles. The summed E-state index contributed by atoms with van der Waals surface area (Å²) < 4.78 is 26.9. The minimum atomic E-state index is -2.47. The number of alkyl halides is 2. The fourth-order valence-electron chi connectivity index (χ4n) is 3.52. The number of likely N-dealkylation sites (tertiary alicyclic amines) is 1. The molecule has 0 saturated carbocycles. The number of halogens is 2. The first-order valence-electron chi connectivity index (χ1n) is 10.3. The van der Waals surface area contributed by atoms with Gasteiger partial charge in [-0.1, -0.05) is 41.7 Å². The van der Waals surface area contributed by atoms with Crippen molar-refractivity contribution in [2.75, 3.05) is 24.2 Å². The van der Waals surface area contributed by atoms with Gasteiger partial charge in [-0.25, -0.2) is 0 Å². The van der Waals surface area contributed by atoms with Crippen molar-refractivity contribution in [3.05, 3.63) is 60.4 Å². The number of rotatable bonds is 9. The maximum Gasteiger partial charge on any atom is 0.288 e. The first-order valence-corrected chi connectivity index (χ1v) is 12.1. The highest BCUT2D eigenvalue weighted by Gasteiger charge is 2.20. The van der Waals surface area contributed by atoms with Crippen LogP contribution in [0.5, 0.6) is 0 Å². The molecule has 0 atom stereocenters. The largest absolute Gasteiger partial charge is 0.325 e. The summed E-state index contributed by atoms with van der Waals surface area (Å²) in [5.74, 6) is -1.66. The third kappa shape index (κ3) is 6.08. The lowest BCUT2D eigenvalue weighted by molar-refractivity contribution is -0.113. The summed E-state index contributed by atoms with van der Waals surface area (Å²) in [5.41, 5.74) is 1.52. The smallest absolute Gasteiger partial charge is 0.288 e. The lowest BCUT2D eigenvalue weighted by Gasteiger charge is -2.16. The highest BCUT2D eigenvalue weighted by molar-refractivity contribution is 8.00. The fourth-order valence-corrected chi connectivity index (χ4v) is 4.79. The molecule has 0 spiro atoms. The molecule has 0 radical (unpaired) electrons. The van der Waals surface area contributed by atoms with Gasteiger partial charge in [0.05, 0.1) is 12.3 Å². The van der Waals surface area contributed by atoms with Crippen molar-refractivity contribution in [2.45, 2.75) is 35.2 Å². The lowest BCUT2D eigenvalue weighted by atomic mass is 10.3. The van der Waals surface area contributed by atoms with Crippen LogP contribution in [-0.2, 0) is 11.3 Å². The lowest BCUT2D eigenvalue weighted by Crippen LogP contribution is -2.21. The molecule has 32 heavy (non-hydrogen) atoms. The van der Waals surface area contributed by atoms with Crippen LogP contribution >= 0.6 is 23.5 Å². The van der Waals surface area contributed by atoms with Gasteiger partial charge in [0.25, 0.3) is 5.76 Å². The van der Waals surface area contributed by atoms with Crippen LogP contribution in [0.4, 0.5) is 14.5 Å². The minimum absolute atomic E-state index is 0.155. The maximum atomic E-state index is 12.5. The van der Waals surface area contributed by atoms with E-state index in [0.29, 0.717) is 27.5 Å². The summed E-state index contributed by atoms with van der Waals surface area (Å²) in [6, 6.07) is 16.3. The van der Waals surface area contributed by atoms with Gasteiger partial charge in [-0.05, 0) is 62.3 Å². The Morgan fingerprint density at radius 3 is 2.44 bits per heavy atom. The van der Waals surface area contributed by atoms with Crippen molar-refractivity contribution >= 4 is 35.1 Å². The van der Waals surface area contributed by atoms with Gasteiger partial charge in [-0.2, -0.15) is 8.78 Å². The normalized spacial score (nSPS) is 14.2. The van der Waals surface area contributed by atoms with Crippen LogP contribution in [0.2, 0.25) is 0 Å². The highest BCUT2D eigenvalue weighted by Crippen LogP contribution is 2.27. The molecule has 2 heterocycles. The van der Waals surface area contributed by atoms with E-state index in [0.717, 1.165) is 31.1 Å². The number of para-hydroxylation sites is 1. The zero-order valence-electron chi connectivity index (χ0n) is 17.3. The van der Waals surface area contributed by atoms with Gasteiger partial charge < -0.3 is 5.32 Å². The Morgan fingerprint density at radius 1 is 1.03 bits per heavy atom. The molecule has 6 nitrogen and oxygen atoms in total.